The third kappa shape index (κ3) is 4.68. The Morgan fingerprint density at radius 1 is 0.302 bits per heavy atom. The first-order valence-electron chi connectivity index (χ1n) is 21.3. The molecule has 0 atom stereocenters. The van der Waals surface area contributed by atoms with Crippen molar-refractivity contribution in [3.05, 3.63) is 222 Å². The topological polar surface area (TPSA) is 65.0 Å². The first-order valence-corrected chi connectivity index (χ1v) is 21.3. The summed E-state index contributed by atoms with van der Waals surface area (Å²) in [5, 5.41) is 4.18. The highest BCUT2D eigenvalue weighted by atomic mass is 16.3. The molecule has 3 aromatic heterocycles. The van der Waals surface area contributed by atoms with Gasteiger partial charge in [0.1, 0.15) is 22.3 Å². The lowest BCUT2D eigenvalue weighted by molar-refractivity contribution is 0.668. The lowest BCUT2D eigenvalue weighted by Gasteiger charge is -2.35. The standard InChI is InChI=1S/C58H33N3O2/c1-2-16-36-35(15-1)37-17-3-8-25-46(37)58(47-26-9-4-18-38(36)47)48-27-10-5-21-43(48)53-44(23-14-28-49(53)58)56-59-55(34-31-32-41-39-19-6-11-29-50(39)62-52(41)33-34)60-57(61-56)45-24-13-22-42-40-20-7-12-30-51(40)63-54(42)45/h1-33H. The van der Waals surface area contributed by atoms with E-state index < -0.39 is 5.41 Å². The Balaban J connectivity index is 1.07. The normalized spacial score (nSPS) is 13.2. The number of nitrogens with zero attached hydrogens (tertiary/aromatic N) is 3. The van der Waals surface area contributed by atoms with Crippen LogP contribution in [0.1, 0.15) is 22.3 Å². The van der Waals surface area contributed by atoms with Crippen molar-refractivity contribution in [2.45, 2.75) is 5.41 Å². The minimum atomic E-state index is -0.640. The molecule has 5 heteroatoms. The predicted octanol–water partition coefficient (Wildman–Crippen LogP) is 14.7. The minimum Gasteiger partial charge on any atom is -0.456 e. The molecule has 0 N–H and O–H groups in total. The summed E-state index contributed by atoms with van der Waals surface area (Å²) in [5.41, 5.74) is 17.2. The summed E-state index contributed by atoms with van der Waals surface area (Å²) < 4.78 is 13.0. The van der Waals surface area contributed by atoms with E-state index in [9.17, 15) is 0 Å². The van der Waals surface area contributed by atoms with Crippen LogP contribution in [0.2, 0.25) is 0 Å². The van der Waals surface area contributed by atoms with Crippen LogP contribution in [-0.4, -0.2) is 15.0 Å². The van der Waals surface area contributed by atoms with Gasteiger partial charge < -0.3 is 8.83 Å². The smallest absolute Gasteiger partial charge is 0.167 e. The molecular formula is C58H33N3O2. The number of benzene rings is 9. The van der Waals surface area contributed by atoms with Gasteiger partial charge in [-0.05, 0) is 86.0 Å². The lowest BCUT2D eigenvalue weighted by atomic mass is 9.66. The van der Waals surface area contributed by atoms with Gasteiger partial charge in [-0.15, -0.1) is 0 Å². The highest BCUT2D eigenvalue weighted by Crippen LogP contribution is 2.62. The number of aromatic nitrogens is 3. The molecule has 0 saturated heterocycles. The number of hydrogen-bond acceptors (Lipinski definition) is 5. The van der Waals surface area contributed by atoms with Gasteiger partial charge in [0.05, 0.1) is 11.0 Å². The molecule has 2 aliphatic rings. The second-order valence-corrected chi connectivity index (χ2v) is 16.6. The molecule has 292 valence electrons. The Morgan fingerprint density at radius 3 is 1.48 bits per heavy atom. The monoisotopic (exact) mass is 803 g/mol. The van der Waals surface area contributed by atoms with Crippen LogP contribution in [0.3, 0.4) is 0 Å². The summed E-state index contributed by atoms with van der Waals surface area (Å²) in [6.45, 7) is 0. The second kappa shape index (κ2) is 12.8. The van der Waals surface area contributed by atoms with Gasteiger partial charge in [0.2, 0.25) is 0 Å². The molecule has 1 spiro atoms. The number of hydrogen-bond donors (Lipinski definition) is 0. The molecule has 63 heavy (non-hydrogen) atoms. The summed E-state index contributed by atoms with van der Waals surface area (Å²) in [5.74, 6) is 1.66. The van der Waals surface area contributed by atoms with E-state index in [-0.39, 0.29) is 0 Å². The zero-order valence-electron chi connectivity index (χ0n) is 33.7. The van der Waals surface area contributed by atoms with Crippen molar-refractivity contribution in [2.75, 3.05) is 0 Å². The number of para-hydroxylation sites is 3. The molecule has 12 aromatic rings. The van der Waals surface area contributed by atoms with Gasteiger partial charge in [0, 0.05) is 32.7 Å². The third-order valence-electron chi connectivity index (χ3n) is 13.4. The Hall–Kier alpha value is -8.41. The van der Waals surface area contributed by atoms with Crippen LogP contribution in [0.4, 0.5) is 0 Å². The van der Waals surface area contributed by atoms with Crippen LogP contribution in [-0.2, 0) is 5.41 Å². The van der Waals surface area contributed by atoms with E-state index in [4.69, 9.17) is 23.8 Å². The molecule has 0 unspecified atom stereocenters. The van der Waals surface area contributed by atoms with E-state index in [1.54, 1.807) is 0 Å². The zero-order chi connectivity index (χ0) is 41.2. The Morgan fingerprint density at radius 2 is 0.762 bits per heavy atom. The molecule has 5 nitrogen and oxygen atoms in total. The first kappa shape index (κ1) is 34.3. The van der Waals surface area contributed by atoms with Gasteiger partial charge in [-0.3, -0.25) is 0 Å². The quantitative estimate of drug-likeness (QED) is 0.178. The lowest BCUT2D eigenvalue weighted by Crippen LogP contribution is -2.29. The summed E-state index contributed by atoms with van der Waals surface area (Å²) in [6.07, 6.45) is 0. The fourth-order valence-corrected chi connectivity index (χ4v) is 10.8. The Bertz CT molecular complexity index is 3830. The van der Waals surface area contributed by atoms with Crippen LogP contribution in [0.15, 0.2) is 209 Å². The van der Waals surface area contributed by atoms with Crippen molar-refractivity contribution < 1.29 is 8.83 Å². The largest absolute Gasteiger partial charge is 0.456 e. The third-order valence-corrected chi connectivity index (χ3v) is 13.4. The van der Waals surface area contributed by atoms with Gasteiger partial charge in [-0.1, -0.05) is 170 Å². The molecule has 3 heterocycles. The number of fused-ring (bicyclic) bond motifs is 18. The zero-order valence-corrected chi connectivity index (χ0v) is 33.7. The molecular weight excluding hydrogens is 771 g/mol. The van der Waals surface area contributed by atoms with Gasteiger partial charge in [0.15, 0.2) is 17.5 Å². The number of furan rings is 2. The van der Waals surface area contributed by atoms with Gasteiger partial charge >= 0.3 is 0 Å². The Kier molecular flexibility index (Phi) is 6.97. The van der Waals surface area contributed by atoms with E-state index in [0.717, 1.165) is 71.7 Å². The molecule has 14 rings (SSSR count). The highest BCUT2D eigenvalue weighted by Gasteiger charge is 2.50. The number of rotatable bonds is 3. The minimum absolute atomic E-state index is 0.531. The molecule has 0 aliphatic heterocycles. The fourth-order valence-electron chi connectivity index (χ4n) is 10.8. The van der Waals surface area contributed by atoms with Crippen LogP contribution >= 0.6 is 0 Å². The van der Waals surface area contributed by atoms with Crippen LogP contribution in [0.25, 0.3) is 111 Å². The maximum Gasteiger partial charge on any atom is 0.167 e. The fraction of sp³-hybridized carbons (Fsp3) is 0.0172. The molecule has 9 aromatic carbocycles. The van der Waals surface area contributed by atoms with Crippen molar-refractivity contribution in [2.24, 2.45) is 0 Å². The average molecular weight is 804 g/mol. The first-order chi connectivity index (χ1) is 31.2. The summed E-state index contributed by atoms with van der Waals surface area (Å²) in [6, 6.07) is 71.1. The van der Waals surface area contributed by atoms with E-state index in [1.165, 1.54) is 44.5 Å². The van der Waals surface area contributed by atoms with Gasteiger partial charge in [-0.25, -0.2) is 15.0 Å². The molecule has 0 saturated carbocycles. The van der Waals surface area contributed by atoms with E-state index in [2.05, 4.69) is 158 Å². The highest BCUT2D eigenvalue weighted by molar-refractivity contribution is 6.10. The maximum absolute atomic E-state index is 6.61. The predicted molar refractivity (Wildman–Crippen MR) is 252 cm³/mol. The average Bonchev–Trinajstić information content (AvgIpc) is 4.00. The van der Waals surface area contributed by atoms with Crippen LogP contribution in [0, 0.1) is 0 Å². The summed E-state index contributed by atoms with van der Waals surface area (Å²) in [7, 11) is 0. The summed E-state index contributed by atoms with van der Waals surface area (Å²) in [4.78, 5) is 16.1. The van der Waals surface area contributed by atoms with Crippen LogP contribution in [0.5, 0.6) is 0 Å². The SMILES string of the molecule is c1ccc2c(c1)-c1ccccc1C1(c3ccccc3-2)c2ccccc2-c2c(-c3nc(-c4ccc5c(c4)oc4ccccc45)nc(-c4cccc5c4oc4ccccc45)n3)cccc21. The summed E-state index contributed by atoms with van der Waals surface area (Å²) >= 11 is 0. The molecule has 0 bridgehead atoms. The van der Waals surface area contributed by atoms with Crippen molar-refractivity contribution in [1.82, 2.24) is 15.0 Å². The Labute approximate surface area is 361 Å². The van der Waals surface area contributed by atoms with Gasteiger partial charge in [-0.2, -0.15) is 0 Å². The van der Waals surface area contributed by atoms with Crippen LogP contribution < -0.4 is 0 Å². The van der Waals surface area contributed by atoms with Crippen molar-refractivity contribution >= 4 is 43.9 Å². The van der Waals surface area contributed by atoms with Crippen molar-refractivity contribution in [3.8, 4) is 67.5 Å². The van der Waals surface area contributed by atoms with Crippen molar-refractivity contribution in [3.63, 3.8) is 0 Å². The van der Waals surface area contributed by atoms with E-state index >= 15 is 0 Å². The van der Waals surface area contributed by atoms with Gasteiger partial charge in [0.25, 0.3) is 0 Å². The van der Waals surface area contributed by atoms with E-state index in [0.29, 0.717) is 17.5 Å². The molecule has 0 radical (unpaired) electrons. The maximum atomic E-state index is 6.61. The molecule has 2 aliphatic carbocycles. The molecule has 0 amide bonds. The van der Waals surface area contributed by atoms with Crippen molar-refractivity contribution in [1.29, 1.82) is 0 Å². The van der Waals surface area contributed by atoms with E-state index in [1.807, 2.05) is 42.5 Å². The molecule has 0 fully saturated rings. The second-order valence-electron chi connectivity index (χ2n) is 16.6.